The lowest BCUT2D eigenvalue weighted by molar-refractivity contribution is 0.0700. The summed E-state index contributed by atoms with van der Waals surface area (Å²) in [5.74, 6) is -0.526. The highest BCUT2D eigenvalue weighted by molar-refractivity contribution is 7.80. The molecule has 0 saturated heterocycles. The normalized spacial score (nSPS) is 10.3. The minimum absolute atomic E-state index is 0.171. The number of hydrogen-bond acceptors (Lipinski definition) is 3. The van der Waals surface area contributed by atoms with E-state index >= 15 is 0 Å². The first-order valence-electron chi connectivity index (χ1n) is 6.28. The molecule has 0 saturated carbocycles. The van der Waals surface area contributed by atoms with Gasteiger partial charge in [0.25, 0.3) is 5.91 Å². The Bertz CT molecular complexity index is 494. The Morgan fingerprint density at radius 2 is 2.15 bits per heavy atom. The number of hydrogen-bond donors (Lipinski definition) is 1. The minimum atomic E-state index is -0.356. The lowest BCUT2D eigenvalue weighted by Gasteiger charge is -2.23. The summed E-state index contributed by atoms with van der Waals surface area (Å²) in [5, 5.41) is 0. The van der Waals surface area contributed by atoms with Crippen molar-refractivity contribution in [1.29, 1.82) is 0 Å². The number of thiocarbonyl (C=S) groups is 1. The van der Waals surface area contributed by atoms with Crippen molar-refractivity contribution < 1.29 is 13.9 Å². The van der Waals surface area contributed by atoms with Crippen LogP contribution in [0, 0.1) is 12.7 Å². The maximum absolute atomic E-state index is 13.1. The van der Waals surface area contributed by atoms with Crippen molar-refractivity contribution in [3.63, 3.8) is 0 Å². The van der Waals surface area contributed by atoms with Gasteiger partial charge in [0.05, 0.1) is 11.6 Å². The predicted octanol–water partition coefficient (Wildman–Crippen LogP) is 1.90. The molecule has 4 nitrogen and oxygen atoms in total. The molecule has 110 valence electrons. The molecule has 1 aromatic rings. The highest BCUT2D eigenvalue weighted by Gasteiger charge is 2.17. The molecular weight excluding hydrogens is 279 g/mol. The Labute approximate surface area is 123 Å². The topological polar surface area (TPSA) is 55.6 Å². The summed E-state index contributed by atoms with van der Waals surface area (Å²) in [6.45, 7) is 2.99. The fraction of sp³-hybridized carbons (Fsp3) is 0.429. The quantitative estimate of drug-likeness (QED) is 0.781. The third kappa shape index (κ3) is 4.86. The van der Waals surface area contributed by atoms with Crippen LogP contribution in [0.4, 0.5) is 4.39 Å². The van der Waals surface area contributed by atoms with Crippen molar-refractivity contribution in [2.45, 2.75) is 13.3 Å². The van der Waals surface area contributed by atoms with Crippen LogP contribution in [-0.2, 0) is 4.74 Å². The second-order valence-corrected chi connectivity index (χ2v) is 4.98. The zero-order valence-corrected chi connectivity index (χ0v) is 12.5. The zero-order chi connectivity index (χ0) is 15.1. The number of methoxy groups -OCH3 is 1. The van der Waals surface area contributed by atoms with E-state index in [1.165, 1.54) is 18.2 Å². The Morgan fingerprint density at radius 1 is 1.45 bits per heavy atom. The molecule has 6 heteroatoms. The second kappa shape index (κ2) is 7.91. The second-order valence-electron chi connectivity index (χ2n) is 4.46. The molecular formula is C14H19FN2O2S. The van der Waals surface area contributed by atoms with E-state index in [-0.39, 0.29) is 11.7 Å². The Balaban J connectivity index is 2.87. The number of benzene rings is 1. The summed E-state index contributed by atoms with van der Waals surface area (Å²) in [6, 6.07) is 4.12. The SMILES string of the molecule is COCCN(CCC(N)=S)C(=O)c1ccc(F)cc1C. The van der Waals surface area contributed by atoms with Crippen molar-refractivity contribution in [1.82, 2.24) is 4.90 Å². The summed E-state index contributed by atoms with van der Waals surface area (Å²) in [6.07, 6.45) is 0.449. The average molecular weight is 298 g/mol. The van der Waals surface area contributed by atoms with Crippen molar-refractivity contribution in [3.8, 4) is 0 Å². The third-order valence-electron chi connectivity index (χ3n) is 2.90. The maximum Gasteiger partial charge on any atom is 0.254 e. The summed E-state index contributed by atoms with van der Waals surface area (Å²) < 4.78 is 18.1. The van der Waals surface area contributed by atoms with Gasteiger partial charge in [-0.15, -0.1) is 0 Å². The molecule has 0 spiro atoms. The van der Waals surface area contributed by atoms with Gasteiger partial charge >= 0.3 is 0 Å². The predicted molar refractivity (Wildman–Crippen MR) is 80.3 cm³/mol. The van der Waals surface area contributed by atoms with E-state index in [2.05, 4.69) is 0 Å². The largest absolute Gasteiger partial charge is 0.393 e. The number of halogens is 1. The molecule has 1 aromatic carbocycles. The molecule has 0 radical (unpaired) electrons. The Kier molecular flexibility index (Phi) is 6.54. The molecule has 1 rings (SSSR count). The number of rotatable bonds is 7. The van der Waals surface area contributed by atoms with Gasteiger partial charge in [-0.05, 0) is 30.7 Å². The van der Waals surface area contributed by atoms with E-state index < -0.39 is 0 Å². The van der Waals surface area contributed by atoms with Gasteiger partial charge in [-0.1, -0.05) is 12.2 Å². The Hall–Kier alpha value is -1.53. The molecule has 0 aliphatic carbocycles. The van der Waals surface area contributed by atoms with Crippen LogP contribution in [0.25, 0.3) is 0 Å². The number of ether oxygens (including phenoxy) is 1. The van der Waals surface area contributed by atoms with E-state index in [0.717, 1.165) is 0 Å². The van der Waals surface area contributed by atoms with Crippen LogP contribution in [0.1, 0.15) is 22.3 Å². The first-order chi connectivity index (χ1) is 9.45. The molecule has 1 amide bonds. The Morgan fingerprint density at radius 3 is 2.70 bits per heavy atom. The molecule has 0 aliphatic rings. The van der Waals surface area contributed by atoms with E-state index in [0.29, 0.717) is 42.2 Å². The molecule has 0 atom stereocenters. The molecule has 0 heterocycles. The number of aryl methyl sites for hydroxylation is 1. The smallest absolute Gasteiger partial charge is 0.254 e. The number of carbonyl (C=O) groups excluding carboxylic acids is 1. The highest BCUT2D eigenvalue weighted by atomic mass is 32.1. The number of amides is 1. The maximum atomic E-state index is 13.1. The summed E-state index contributed by atoms with van der Waals surface area (Å²) in [4.78, 5) is 14.4. The van der Waals surface area contributed by atoms with Crippen molar-refractivity contribution in [2.24, 2.45) is 5.73 Å². The molecule has 2 N–H and O–H groups in total. The molecule has 0 fully saturated rings. The van der Waals surface area contributed by atoms with Gasteiger partial charge in [0, 0.05) is 32.2 Å². The average Bonchev–Trinajstić information content (AvgIpc) is 2.38. The van der Waals surface area contributed by atoms with Crippen molar-refractivity contribution in [2.75, 3.05) is 26.8 Å². The lowest BCUT2D eigenvalue weighted by atomic mass is 10.1. The van der Waals surface area contributed by atoms with Gasteiger partial charge in [0.1, 0.15) is 5.82 Å². The lowest BCUT2D eigenvalue weighted by Crippen LogP contribution is -2.36. The first kappa shape index (κ1) is 16.5. The number of nitrogens with zero attached hydrogens (tertiary/aromatic N) is 1. The van der Waals surface area contributed by atoms with E-state index in [1.807, 2.05) is 0 Å². The molecule has 0 unspecified atom stereocenters. The van der Waals surface area contributed by atoms with Crippen LogP contribution in [-0.4, -0.2) is 42.6 Å². The van der Waals surface area contributed by atoms with Crippen LogP contribution in [0.15, 0.2) is 18.2 Å². The van der Waals surface area contributed by atoms with Gasteiger partial charge in [0.15, 0.2) is 0 Å². The molecule has 20 heavy (non-hydrogen) atoms. The summed E-state index contributed by atoms with van der Waals surface area (Å²) >= 11 is 4.83. The fourth-order valence-electron chi connectivity index (χ4n) is 1.80. The van der Waals surface area contributed by atoms with E-state index in [1.54, 1.807) is 18.9 Å². The van der Waals surface area contributed by atoms with Crippen LogP contribution in [0.5, 0.6) is 0 Å². The summed E-state index contributed by atoms with van der Waals surface area (Å²) in [5.41, 5.74) is 6.55. The van der Waals surface area contributed by atoms with Crippen LogP contribution in [0.2, 0.25) is 0 Å². The van der Waals surface area contributed by atoms with Crippen LogP contribution >= 0.6 is 12.2 Å². The van der Waals surface area contributed by atoms with Gasteiger partial charge in [-0.2, -0.15) is 0 Å². The molecule has 0 bridgehead atoms. The monoisotopic (exact) mass is 298 g/mol. The summed E-state index contributed by atoms with van der Waals surface area (Å²) in [7, 11) is 1.57. The van der Waals surface area contributed by atoms with Crippen LogP contribution in [0.3, 0.4) is 0 Å². The zero-order valence-electron chi connectivity index (χ0n) is 11.7. The van der Waals surface area contributed by atoms with Gasteiger partial charge in [-0.25, -0.2) is 4.39 Å². The number of nitrogens with two attached hydrogens (primary N) is 1. The van der Waals surface area contributed by atoms with Crippen molar-refractivity contribution in [3.05, 3.63) is 35.1 Å². The third-order valence-corrected chi connectivity index (χ3v) is 3.10. The highest BCUT2D eigenvalue weighted by Crippen LogP contribution is 2.13. The molecule has 0 aromatic heterocycles. The minimum Gasteiger partial charge on any atom is -0.393 e. The van der Waals surface area contributed by atoms with E-state index in [9.17, 15) is 9.18 Å². The fourth-order valence-corrected chi connectivity index (χ4v) is 1.89. The molecule has 0 aliphatic heterocycles. The van der Waals surface area contributed by atoms with Gasteiger partial charge in [-0.3, -0.25) is 4.79 Å². The standard InChI is InChI=1S/C14H19FN2O2S/c1-10-9-11(15)3-4-12(10)14(18)17(7-8-19-2)6-5-13(16)20/h3-4,9H,5-8H2,1-2H3,(H2,16,20). The van der Waals surface area contributed by atoms with Gasteiger partial charge in [0.2, 0.25) is 0 Å². The number of carbonyl (C=O) groups is 1. The van der Waals surface area contributed by atoms with Crippen molar-refractivity contribution >= 4 is 23.1 Å². The first-order valence-corrected chi connectivity index (χ1v) is 6.69. The van der Waals surface area contributed by atoms with E-state index in [4.69, 9.17) is 22.7 Å². The van der Waals surface area contributed by atoms with Crippen LogP contribution < -0.4 is 5.73 Å². The van der Waals surface area contributed by atoms with Gasteiger partial charge < -0.3 is 15.4 Å².